The van der Waals surface area contributed by atoms with E-state index in [9.17, 15) is 12.8 Å². The molecule has 0 N–H and O–H groups in total. The topological polar surface area (TPSA) is 79.5 Å². The van der Waals surface area contributed by atoms with Crippen LogP contribution in [0.4, 0.5) is 4.39 Å². The summed E-state index contributed by atoms with van der Waals surface area (Å²) in [6.07, 6.45) is 4.07. The molecule has 2 saturated heterocycles. The summed E-state index contributed by atoms with van der Waals surface area (Å²) in [5.74, 6) is 0.356. The normalized spacial score (nSPS) is 22.3. The van der Waals surface area contributed by atoms with E-state index in [1.54, 1.807) is 26.8 Å². The standard InChI is InChI=1S/C18H23FN4O3S/c19-16-8-2-1-7-15(16)18-20-17(26-21-18)12-14-6-5-11-23(13-14)27(24,25)22-9-3-4-10-22/h1-2,7-8,14H,3-6,9-13H2. The van der Waals surface area contributed by atoms with Crippen LogP contribution in [0.25, 0.3) is 11.4 Å². The van der Waals surface area contributed by atoms with Gasteiger partial charge in [-0.05, 0) is 43.7 Å². The highest BCUT2D eigenvalue weighted by atomic mass is 32.2. The molecule has 0 spiro atoms. The van der Waals surface area contributed by atoms with Crippen LogP contribution >= 0.6 is 0 Å². The minimum Gasteiger partial charge on any atom is -0.339 e. The van der Waals surface area contributed by atoms with E-state index in [0.717, 1.165) is 25.7 Å². The summed E-state index contributed by atoms with van der Waals surface area (Å²) in [6.45, 7) is 2.23. The molecule has 27 heavy (non-hydrogen) atoms. The molecule has 2 aromatic rings. The second kappa shape index (κ2) is 7.65. The van der Waals surface area contributed by atoms with Crippen LogP contribution in [-0.4, -0.2) is 53.3 Å². The summed E-state index contributed by atoms with van der Waals surface area (Å²) in [7, 11) is -3.38. The van der Waals surface area contributed by atoms with Crippen LogP contribution in [0.2, 0.25) is 0 Å². The molecular formula is C18H23FN4O3S. The van der Waals surface area contributed by atoms with Crippen molar-refractivity contribution in [2.75, 3.05) is 26.2 Å². The quantitative estimate of drug-likeness (QED) is 0.778. The van der Waals surface area contributed by atoms with E-state index in [2.05, 4.69) is 10.1 Å². The average molecular weight is 394 g/mol. The van der Waals surface area contributed by atoms with Crippen LogP contribution in [0.15, 0.2) is 28.8 Å². The summed E-state index contributed by atoms with van der Waals surface area (Å²) in [5, 5.41) is 3.88. The number of benzene rings is 1. The molecule has 0 amide bonds. The molecule has 9 heteroatoms. The van der Waals surface area contributed by atoms with E-state index >= 15 is 0 Å². The predicted molar refractivity (Wildman–Crippen MR) is 97.4 cm³/mol. The first-order valence-corrected chi connectivity index (χ1v) is 10.8. The first-order chi connectivity index (χ1) is 13.0. The summed E-state index contributed by atoms with van der Waals surface area (Å²) in [4.78, 5) is 4.30. The number of nitrogens with zero attached hydrogens (tertiary/aromatic N) is 4. The van der Waals surface area contributed by atoms with Gasteiger partial charge in [-0.15, -0.1) is 0 Å². The SMILES string of the molecule is O=S(=O)(N1CCCC1)N1CCCC(Cc2nc(-c3ccccc3F)no2)C1. The van der Waals surface area contributed by atoms with Crippen molar-refractivity contribution < 1.29 is 17.3 Å². The number of hydrogen-bond donors (Lipinski definition) is 0. The van der Waals surface area contributed by atoms with E-state index in [1.165, 1.54) is 6.07 Å². The lowest BCUT2D eigenvalue weighted by molar-refractivity contribution is 0.236. The molecule has 0 bridgehead atoms. The fourth-order valence-corrected chi connectivity index (χ4v) is 5.63. The molecule has 1 unspecified atom stereocenters. The van der Waals surface area contributed by atoms with Crippen molar-refractivity contribution in [3.8, 4) is 11.4 Å². The minimum atomic E-state index is -3.38. The van der Waals surface area contributed by atoms with E-state index in [-0.39, 0.29) is 11.7 Å². The largest absolute Gasteiger partial charge is 0.339 e. The molecule has 2 fully saturated rings. The van der Waals surface area contributed by atoms with Crippen molar-refractivity contribution in [3.05, 3.63) is 36.0 Å². The lowest BCUT2D eigenvalue weighted by Crippen LogP contribution is -2.47. The third-order valence-corrected chi connectivity index (χ3v) is 7.25. The first-order valence-electron chi connectivity index (χ1n) is 9.37. The Kier molecular flexibility index (Phi) is 5.25. The molecular weight excluding hydrogens is 371 g/mol. The second-order valence-corrected chi connectivity index (χ2v) is 9.10. The highest BCUT2D eigenvalue weighted by Crippen LogP contribution is 2.26. The molecule has 4 rings (SSSR count). The Hall–Kier alpha value is -1.84. The average Bonchev–Trinajstić information content (AvgIpc) is 3.35. The van der Waals surface area contributed by atoms with Crippen LogP contribution in [0.5, 0.6) is 0 Å². The van der Waals surface area contributed by atoms with Crippen molar-refractivity contribution >= 4 is 10.2 Å². The number of halogens is 1. The van der Waals surface area contributed by atoms with Crippen LogP contribution in [0.1, 0.15) is 31.6 Å². The summed E-state index contributed by atoms with van der Waals surface area (Å²) in [6, 6.07) is 6.29. The maximum Gasteiger partial charge on any atom is 0.281 e. The van der Waals surface area contributed by atoms with Gasteiger partial charge in [0.15, 0.2) is 0 Å². The third kappa shape index (κ3) is 3.90. The summed E-state index contributed by atoms with van der Waals surface area (Å²) >= 11 is 0. The van der Waals surface area contributed by atoms with E-state index in [0.29, 0.717) is 44.1 Å². The van der Waals surface area contributed by atoms with Crippen LogP contribution in [0, 0.1) is 11.7 Å². The lowest BCUT2D eigenvalue weighted by atomic mass is 9.96. The molecule has 0 saturated carbocycles. The van der Waals surface area contributed by atoms with Crippen LogP contribution in [-0.2, 0) is 16.6 Å². The fourth-order valence-electron chi connectivity index (χ4n) is 3.82. The zero-order valence-electron chi connectivity index (χ0n) is 15.1. The van der Waals surface area contributed by atoms with Crippen molar-refractivity contribution in [1.29, 1.82) is 0 Å². The molecule has 0 aliphatic carbocycles. The molecule has 1 aromatic heterocycles. The van der Waals surface area contributed by atoms with Gasteiger partial charge in [0, 0.05) is 32.6 Å². The first kappa shape index (κ1) is 18.5. The smallest absolute Gasteiger partial charge is 0.281 e. The number of aromatic nitrogens is 2. The van der Waals surface area contributed by atoms with E-state index in [4.69, 9.17) is 4.52 Å². The number of piperidine rings is 1. The highest BCUT2D eigenvalue weighted by molar-refractivity contribution is 7.86. The third-order valence-electron chi connectivity index (χ3n) is 5.25. The Labute approximate surface area is 158 Å². The minimum absolute atomic E-state index is 0.116. The maximum absolute atomic E-state index is 13.9. The molecule has 2 aliphatic rings. The van der Waals surface area contributed by atoms with Gasteiger partial charge in [-0.2, -0.15) is 22.0 Å². The Morgan fingerprint density at radius 1 is 1.11 bits per heavy atom. The Morgan fingerprint density at radius 2 is 1.85 bits per heavy atom. The monoisotopic (exact) mass is 394 g/mol. The summed E-state index contributed by atoms with van der Waals surface area (Å²) in [5.41, 5.74) is 0.300. The Bertz CT molecular complexity index is 896. The van der Waals surface area contributed by atoms with Gasteiger partial charge < -0.3 is 4.52 Å². The van der Waals surface area contributed by atoms with E-state index in [1.807, 2.05) is 0 Å². The van der Waals surface area contributed by atoms with Gasteiger partial charge in [0.05, 0.1) is 5.56 Å². The lowest BCUT2D eigenvalue weighted by Gasteiger charge is -2.33. The number of hydrogen-bond acceptors (Lipinski definition) is 5. The maximum atomic E-state index is 13.9. The molecule has 146 valence electrons. The van der Waals surface area contributed by atoms with Gasteiger partial charge in [-0.1, -0.05) is 17.3 Å². The van der Waals surface area contributed by atoms with Gasteiger partial charge in [-0.25, -0.2) is 4.39 Å². The predicted octanol–water partition coefficient (Wildman–Crippen LogP) is 2.47. The molecule has 1 aromatic carbocycles. The van der Waals surface area contributed by atoms with Gasteiger partial charge in [0.25, 0.3) is 10.2 Å². The molecule has 1 atom stereocenters. The van der Waals surface area contributed by atoms with E-state index < -0.39 is 16.0 Å². The zero-order valence-corrected chi connectivity index (χ0v) is 15.9. The molecule has 0 radical (unpaired) electrons. The van der Waals surface area contributed by atoms with Crippen LogP contribution < -0.4 is 0 Å². The summed E-state index contributed by atoms with van der Waals surface area (Å²) < 4.78 is 47.9. The van der Waals surface area contributed by atoms with Gasteiger partial charge in [-0.3, -0.25) is 0 Å². The Balaban J connectivity index is 1.43. The Morgan fingerprint density at radius 3 is 2.63 bits per heavy atom. The van der Waals surface area contributed by atoms with Crippen LogP contribution in [0.3, 0.4) is 0 Å². The van der Waals surface area contributed by atoms with Crippen molar-refractivity contribution in [2.45, 2.75) is 32.1 Å². The molecule has 2 aliphatic heterocycles. The fraction of sp³-hybridized carbons (Fsp3) is 0.556. The molecule has 7 nitrogen and oxygen atoms in total. The van der Waals surface area contributed by atoms with Gasteiger partial charge in [0.1, 0.15) is 5.82 Å². The van der Waals surface area contributed by atoms with Gasteiger partial charge >= 0.3 is 0 Å². The van der Waals surface area contributed by atoms with Gasteiger partial charge in [0.2, 0.25) is 11.7 Å². The van der Waals surface area contributed by atoms with Crippen molar-refractivity contribution in [2.24, 2.45) is 5.92 Å². The second-order valence-electron chi connectivity index (χ2n) is 7.18. The number of rotatable bonds is 5. The molecule has 3 heterocycles. The zero-order chi connectivity index (χ0) is 18.9. The van der Waals surface area contributed by atoms with Crippen molar-refractivity contribution in [3.63, 3.8) is 0 Å². The van der Waals surface area contributed by atoms with Crippen molar-refractivity contribution in [1.82, 2.24) is 18.8 Å². The highest BCUT2D eigenvalue weighted by Gasteiger charge is 2.35.